The molecule has 4 nitrogen and oxygen atoms in total. The van der Waals surface area contributed by atoms with Crippen molar-refractivity contribution >= 4 is 55.9 Å². The minimum Gasteiger partial charge on any atom is -0.254 e. The van der Waals surface area contributed by atoms with Crippen LogP contribution in [-0.4, -0.2) is 18.8 Å². The van der Waals surface area contributed by atoms with Gasteiger partial charge in [-0.05, 0) is 29.3 Å². The fourth-order valence-corrected chi connectivity index (χ4v) is 3.27. The Balaban J connectivity index is 2.11. The SMILES string of the molecule is CC(NS(=O)(=O)OCC(Cl)(Cl)Cl)c1ccc2ccccc2c1. The van der Waals surface area contributed by atoms with Crippen LogP contribution < -0.4 is 4.72 Å². The van der Waals surface area contributed by atoms with Gasteiger partial charge in [0.05, 0.1) is 0 Å². The standard InChI is InChI=1S/C14H14Cl3NO3S/c1-10(18-22(19,20)21-9-14(15,16)17)12-7-6-11-4-2-3-5-13(11)8-12/h2-8,10,18H,9H2,1H3. The largest absolute Gasteiger partial charge is 0.336 e. The number of fused-ring (bicyclic) bond motifs is 1. The van der Waals surface area contributed by atoms with Gasteiger partial charge in [0.2, 0.25) is 3.79 Å². The van der Waals surface area contributed by atoms with Gasteiger partial charge in [-0.3, -0.25) is 4.18 Å². The normalized spacial score (nSPS) is 14.2. The van der Waals surface area contributed by atoms with E-state index in [0.29, 0.717) is 0 Å². The summed E-state index contributed by atoms with van der Waals surface area (Å²) >= 11 is 16.4. The van der Waals surface area contributed by atoms with Gasteiger partial charge in [-0.25, -0.2) is 0 Å². The predicted molar refractivity (Wildman–Crippen MR) is 90.7 cm³/mol. The molecule has 1 atom stereocenters. The summed E-state index contributed by atoms with van der Waals surface area (Å²) in [6.45, 7) is 1.15. The molecular formula is C14H14Cl3NO3S. The van der Waals surface area contributed by atoms with Gasteiger partial charge in [0, 0.05) is 6.04 Å². The Morgan fingerprint density at radius 1 is 1.14 bits per heavy atom. The average Bonchev–Trinajstić information content (AvgIpc) is 2.44. The minimum absolute atomic E-state index is 0.481. The van der Waals surface area contributed by atoms with E-state index in [1.54, 1.807) is 6.92 Å². The Morgan fingerprint density at radius 2 is 1.77 bits per heavy atom. The monoisotopic (exact) mass is 381 g/mol. The first kappa shape index (κ1) is 17.8. The first-order valence-electron chi connectivity index (χ1n) is 6.38. The summed E-state index contributed by atoms with van der Waals surface area (Å²) in [4.78, 5) is 0. The third kappa shape index (κ3) is 5.26. The Hall–Kier alpha value is -0.560. The summed E-state index contributed by atoms with van der Waals surface area (Å²) in [6, 6.07) is 13.0. The van der Waals surface area contributed by atoms with Crippen LogP contribution in [0, 0.1) is 0 Å². The highest BCUT2D eigenvalue weighted by atomic mass is 35.6. The lowest BCUT2D eigenvalue weighted by Gasteiger charge is -2.16. The number of hydrogen-bond acceptors (Lipinski definition) is 3. The number of nitrogens with one attached hydrogen (secondary N) is 1. The number of rotatable bonds is 5. The summed E-state index contributed by atoms with van der Waals surface area (Å²) in [5.74, 6) is 0. The highest BCUT2D eigenvalue weighted by molar-refractivity contribution is 7.84. The quantitative estimate of drug-likeness (QED) is 0.791. The second kappa shape index (κ2) is 6.91. The van der Waals surface area contributed by atoms with Crippen molar-refractivity contribution in [3.8, 4) is 0 Å². The first-order chi connectivity index (χ1) is 10.2. The molecule has 0 fully saturated rings. The van der Waals surface area contributed by atoms with E-state index in [1.165, 1.54) is 0 Å². The van der Waals surface area contributed by atoms with Crippen LogP contribution in [0.4, 0.5) is 0 Å². The lowest BCUT2D eigenvalue weighted by atomic mass is 10.0. The van der Waals surface area contributed by atoms with Gasteiger partial charge in [0.15, 0.2) is 0 Å². The molecule has 0 spiro atoms. The molecule has 2 aromatic carbocycles. The average molecular weight is 383 g/mol. The maximum absolute atomic E-state index is 11.8. The Labute approximate surface area is 144 Å². The fraction of sp³-hybridized carbons (Fsp3) is 0.286. The number of halogens is 3. The zero-order chi connectivity index (χ0) is 16.4. The second-order valence-electron chi connectivity index (χ2n) is 4.78. The molecule has 1 unspecified atom stereocenters. The maximum atomic E-state index is 11.8. The molecule has 120 valence electrons. The smallest absolute Gasteiger partial charge is 0.254 e. The van der Waals surface area contributed by atoms with E-state index >= 15 is 0 Å². The molecule has 2 rings (SSSR count). The molecule has 0 amide bonds. The molecule has 0 heterocycles. The van der Waals surface area contributed by atoms with Crippen molar-refractivity contribution < 1.29 is 12.6 Å². The van der Waals surface area contributed by atoms with E-state index in [1.807, 2.05) is 42.5 Å². The van der Waals surface area contributed by atoms with Gasteiger partial charge in [0.1, 0.15) is 6.61 Å². The fourth-order valence-electron chi connectivity index (χ4n) is 1.94. The molecule has 0 saturated carbocycles. The van der Waals surface area contributed by atoms with Crippen molar-refractivity contribution in [2.24, 2.45) is 0 Å². The van der Waals surface area contributed by atoms with Crippen LogP contribution in [0.1, 0.15) is 18.5 Å². The van der Waals surface area contributed by atoms with Gasteiger partial charge in [-0.2, -0.15) is 13.1 Å². The summed E-state index contributed by atoms with van der Waals surface area (Å²) in [6.07, 6.45) is 0. The van der Waals surface area contributed by atoms with Crippen LogP contribution >= 0.6 is 34.8 Å². The van der Waals surface area contributed by atoms with Crippen LogP contribution in [-0.2, 0) is 14.5 Å². The van der Waals surface area contributed by atoms with E-state index in [-0.39, 0.29) is 0 Å². The Kier molecular flexibility index (Phi) is 5.59. The number of hydrogen-bond donors (Lipinski definition) is 1. The number of alkyl halides is 3. The summed E-state index contributed by atoms with van der Waals surface area (Å²) in [7, 11) is -4.02. The van der Waals surface area contributed by atoms with Crippen LogP contribution in [0.2, 0.25) is 0 Å². The van der Waals surface area contributed by atoms with Gasteiger partial charge in [-0.1, -0.05) is 71.2 Å². The lowest BCUT2D eigenvalue weighted by molar-refractivity contribution is 0.314. The first-order valence-corrected chi connectivity index (χ1v) is 8.93. The summed E-state index contributed by atoms with van der Waals surface area (Å²) in [5.41, 5.74) is 0.805. The van der Waals surface area contributed by atoms with Crippen LogP contribution in [0.5, 0.6) is 0 Å². The highest BCUT2D eigenvalue weighted by Crippen LogP contribution is 2.27. The van der Waals surface area contributed by atoms with E-state index in [9.17, 15) is 8.42 Å². The molecule has 0 aliphatic heterocycles. The molecule has 0 bridgehead atoms. The molecule has 22 heavy (non-hydrogen) atoms. The van der Waals surface area contributed by atoms with Crippen LogP contribution in [0.25, 0.3) is 10.8 Å². The van der Waals surface area contributed by atoms with Crippen molar-refractivity contribution in [1.82, 2.24) is 4.72 Å². The van der Waals surface area contributed by atoms with Crippen molar-refractivity contribution in [2.45, 2.75) is 16.8 Å². The molecule has 8 heteroatoms. The van der Waals surface area contributed by atoms with Gasteiger partial charge in [-0.15, -0.1) is 0 Å². The molecule has 1 N–H and O–H groups in total. The summed E-state index contributed by atoms with van der Waals surface area (Å²) in [5, 5.41) is 2.10. The number of benzene rings is 2. The second-order valence-corrected chi connectivity index (χ2v) is 8.67. The lowest BCUT2D eigenvalue weighted by Crippen LogP contribution is -2.31. The zero-order valence-corrected chi connectivity index (χ0v) is 14.7. The predicted octanol–water partition coefficient (Wildman–Crippen LogP) is 4.12. The molecule has 0 saturated heterocycles. The molecule has 0 aliphatic carbocycles. The zero-order valence-electron chi connectivity index (χ0n) is 11.6. The van der Waals surface area contributed by atoms with Crippen LogP contribution in [0.3, 0.4) is 0 Å². The van der Waals surface area contributed by atoms with E-state index in [4.69, 9.17) is 34.8 Å². The molecule has 0 radical (unpaired) electrons. The summed E-state index contributed by atoms with van der Waals surface area (Å²) < 4.78 is 28.9. The highest BCUT2D eigenvalue weighted by Gasteiger charge is 2.25. The van der Waals surface area contributed by atoms with Gasteiger partial charge >= 0.3 is 10.3 Å². The molecule has 0 aliphatic rings. The minimum atomic E-state index is -4.02. The van der Waals surface area contributed by atoms with Crippen LogP contribution in [0.15, 0.2) is 42.5 Å². The van der Waals surface area contributed by atoms with E-state index in [2.05, 4.69) is 8.91 Å². The Morgan fingerprint density at radius 3 is 2.41 bits per heavy atom. The Bertz CT molecular complexity index is 759. The topological polar surface area (TPSA) is 55.4 Å². The van der Waals surface area contributed by atoms with Crippen molar-refractivity contribution in [3.05, 3.63) is 48.0 Å². The third-order valence-electron chi connectivity index (χ3n) is 2.97. The van der Waals surface area contributed by atoms with Crippen molar-refractivity contribution in [1.29, 1.82) is 0 Å². The van der Waals surface area contributed by atoms with E-state index in [0.717, 1.165) is 16.3 Å². The maximum Gasteiger partial charge on any atom is 0.336 e. The van der Waals surface area contributed by atoms with Gasteiger partial charge in [0.25, 0.3) is 0 Å². The van der Waals surface area contributed by atoms with E-state index < -0.39 is 26.7 Å². The molecular weight excluding hydrogens is 369 g/mol. The molecule has 2 aromatic rings. The molecule has 0 aromatic heterocycles. The van der Waals surface area contributed by atoms with Crippen molar-refractivity contribution in [3.63, 3.8) is 0 Å². The van der Waals surface area contributed by atoms with Gasteiger partial charge < -0.3 is 0 Å². The third-order valence-corrected chi connectivity index (χ3v) is 4.37. The van der Waals surface area contributed by atoms with Crippen molar-refractivity contribution in [2.75, 3.05) is 6.61 Å².